The Morgan fingerprint density at radius 1 is 1.36 bits per heavy atom. The molecule has 0 unspecified atom stereocenters. The highest BCUT2D eigenvalue weighted by atomic mass is 16.4. The third-order valence-corrected chi connectivity index (χ3v) is 1.74. The Morgan fingerprint density at radius 3 is 2.71 bits per heavy atom. The SMILES string of the molecule is O=C(O)c1cnc(-c2ccc[nH]2)cn1. The van der Waals surface area contributed by atoms with Gasteiger partial charge in [0, 0.05) is 6.20 Å². The van der Waals surface area contributed by atoms with E-state index >= 15 is 0 Å². The van der Waals surface area contributed by atoms with Crippen LogP contribution in [-0.2, 0) is 0 Å². The van der Waals surface area contributed by atoms with Crippen LogP contribution >= 0.6 is 0 Å². The van der Waals surface area contributed by atoms with Crippen molar-refractivity contribution < 1.29 is 9.90 Å². The minimum atomic E-state index is -1.07. The lowest BCUT2D eigenvalue weighted by molar-refractivity contribution is 0.0690. The predicted molar refractivity (Wildman–Crippen MR) is 48.8 cm³/mol. The lowest BCUT2D eigenvalue weighted by Gasteiger charge is -1.96. The average molecular weight is 189 g/mol. The van der Waals surface area contributed by atoms with Crippen molar-refractivity contribution in [2.24, 2.45) is 0 Å². The molecular formula is C9H7N3O2. The Morgan fingerprint density at radius 2 is 2.21 bits per heavy atom. The van der Waals surface area contributed by atoms with E-state index in [9.17, 15) is 4.79 Å². The number of hydrogen-bond acceptors (Lipinski definition) is 3. The molecule has 5 nitrogen and oxygen atoms in total. The van der Waals surface area contributed by atoms with E-state index in [1.807, 2.05) is 12.1 Å². The number of aromatic carboxylic acids is 1. The molecule has 2 heterocycles. The molecule has 14 heavy (non-hydrogen) atoms. The number of nitrogens with one attached hydrogen (secondary N) is 1. The van der Waals surface area contributed by atoms with Gasteiger partial charge in [-0.05, 0) is 12.1 Å². The van der Waals surface area contributed by atoms with E-state index in [4.69, 9.17) is 5.11 Å². The number of carbonyl (C=O) groups is 1. The summed E-state index contributed by atoms with van der Waals surface area (Å²) in [6.45, 7) is 0. The fourth-order valence-corrected chi connectivity index (χ4v) is 1.07. The van der Waals surface area contributed by atoms with Crippen molar-refractivity contribution in [1.82, 2.24) is 15.0 Å². The van der Waals surface area contributed by atoms with Crippen LogP contribution in [0.4, 0.5) is 0 Å². The van der Waals surface area contributed by atoms with E-state index in [0.29, 0.717) is 5.69 Å². The van der Waals surface area contributed by atoms with E-state index in [0.717, 1.165) is 5.69 Å². The van der Waals surface area contributed by atoms with E-state index in [1.165, 1.54) is 12.4 Å². The third-order valence-electron chi connectivity index (χ3n) is 1.74. The summed E-state index contributed by atoms with van der Waals surface area (Å²) < 4.78 is 0. The number of hydrogen-bond donors (Lipinski definition) is 2. The Balaban J connectivity index is 2.36. The van der Waals surface area contributed by atoms with Gasteiger partial charge in [-0.3, -0.25) is 4.98 Å². The minimum Gasteiger partial charge on any atom is -0.476 e. The maximum Gasteiger partial charge on any atom is 0.356 e. The van der Waals surface area contributed by atoms with E-state index < -0.39 is 5.97 Å². The third kappa shape index (κ3) is 1.47. The zero-order valence-electron chi connectivity index (χ0n) is 7.14. The molecule has 2 N–H and O–H groups in total. The van der Waals surface area contributed by atoms with Crippen LogP contribution in [0.2, 0.25) is 0 Å². The van der Waals surface area contributed by atoms with Gasteiger partial charge in [0.25, 0.3) is 0 Å². The molecule has 70 valence electrons. The summed E-state index contributed by atoms with van der Waals surface area (Å²) in [6.07, 6.45) is 4.43. The van der Waals surface area contributed by atoms with Gasteiger partial charge in [0.15, 0.2) is 5.69 Å². The number of carboxylic acid groups (broad SMARTS) is 1. The van der Waals surface area contributed by atoms with Crippen molar-refractivity contribution >= 4 is 5.97 Å². The van der Waals surface area contributed by atoms with Gasteiger partial charge in [0.05, 0.1) is 18.1 Å². The van der Waals surface area contributed by atoms with Crippen LogP contribution in [0.5, 0.6) is 0 Å². The largest absolute Gasteiger partial charge is 0.476 e. The summed E-state index contributed by atoms with van der Waals surface area (Å²) >= 11 is 0. The molecule has 0 saturated carbocycles. The van der Waals surface area contributed by atoms with Gasteiger partial charge < -0.3 is 10.1 Å². The molecule has 0 bridgehead atoms. The van der Waals surface area contributed by atoms with Gasteiger partial charge in [-0.1, -0.05) is 0 Å². The number of carboxylic acids is 1. The lowest BCUT2D eigenvalue weighted by atomic mass is 10.3. The standard InChI is InChI=1S/C9H7N3O2/c13-9(14)8-5-11-7(4-12-8)6-2-1-3-10-6/h1-5,10H,(H,13,14). The van der Waals surface area contributed by atoms with Gasteiger partial charge in [0.2, 0.25) is 0 Å². The quantitative estimate of drug-likeness (QED) is 0.743. The second kappa shape index (κ2) is 3.29. The zero-order valence-corrected chi connectivity index (χ0v) is 7.14. The van der Waals surface area contributed by atoms with Crippen molar-refractivity contribution in [3.63, 3.8) is 0 Å². The molecule has 0 aliphatic rings. The summed E-state index contributed by atoms with van der Waals surface area (Å²) in [7, 11) is 0. The first-order valence-corrected chi connectivity index (χ1v) is 3.96. The second-order valence-electron chi connectivity index (χ2n) is 2.68. The van der Waals surface area contributed by atoms with Crippen molar-refractivity contribution in [2.45, 2.75) is 0 Å². The zero-order chi connectivity index (χ0) is 9.97. The molecule has 5 heteroatoms. The van der Waals surface area contributed by atoms with Crippen LogP contribution in [0.3, 0.4) is 0 Å². The maximum atomic E-state index is 10.5. The Bertz CT molecular complexity index is 434. The molecule has 0 saturated heterocycles. The smallest absolute Gasteiger partial charge is 0.356 e. The molecule has 0 aliphatic heterocycles. The summed E-state index contributed by atoms with van der Waals surface area (Å²) in [5, 5.41) is 8.60. The van der Waals surface area contributed by atoms with Gasteiger partial charge in [-0.2, -0.15) is 0 Å². The minimum absolute atomic E-state index is 0.0553. The van der Waals surface area contributed by atoms with Crippen LogP contribution in [-0.4, -0.2) is 26.0 Å². The highest BCUT2D eigenvalue weighted by molar-refractivity contribution is 5.85. The summed E-state index contributed by atoms with van der Waals surface area (Å²) in [6, 6.07) is 3.67. The number of nitrogens with zero attached hydrogens (tertiary/aromatic N) is 2. The molecule has 0 aliphatic carbocycles. The molecule has 2 aromatic rings. The van der Waals surface area contributed by atoms with Crippen LogP contribution in [0, 0.1) is 0 Å². The lowest BCUT2D eigenvalue weighted by Crippen LogP contribution is -2.01. The number of H-pyrrole nitrogens is 1. The molecular weight excluding hydrogens is 182 g/mol. The molecule has 0 aromatic carbocycles. The molecule has 0 radical (unpaired) electrons. The number of aromatic nitrogens is 3. The number of aromatic amines is 1. The van der Waals surface area contributed by atoms with Gasteiger partial charge in [-0.25, -0.2) is 9.78 Å². The Hall–Kier alpha value is -2.17. The first-order chi connectivity index (χ1) is 6.77. The first kappa shape index (κ1) is 8.43. The van der Waals surface area contributed by atoms with Crippen LogP contribution < -0.4 is 0 Å². The second-order valence-corrected chi connectivity index (χ2v) is 2.68. The fraction of sp³-hybridized carbons (Fsp3) is 0. The average Bonchev–Trinajstić information content (AvgIpc) is 2.71. The molecule has 0 spiro atoms. The first-order valence-electron chi connectivity index (χ1n) is 3.96. The highest BCUT2D eigenvalue weighted by Crippen LogP contribution is 2.11. The molecule has 2 aromatic heterocycles. The topological polar surface area (TPSA) is 78.9 Å². The van der Waals surface area contributed by atoms with Crippen molar-refractivity contribution in [1.29, 1.82) is 0 Å². The van der Waals surface area contributed by atoms with Crippen molar-refractivity contribution in [3.05, 3.63) is 36.4 Å². The fourth-order valence-electron chi connectivity index (χ4n) is 1.07. The summed E-state index contributed by atoms with van der Waals surface area (Å²) in [5.74, 6) is -1.07. The van der Waals surface area contributed by atoms with Crippen LogP contribution in [0.1, 0.15) is 10.5 Å². The Labute approximate surface area is 79.5 Å². The normalized spacial score (nSPS) is 10.0. The molecule has 0 fully saturated rings. The maximum absolute atomic E-state index is 10.5. The Kier molecular flexibility index (Phi) is 1.98. The van der Waals surface area contributed by atoms with Crippen molar-refractivity contribution in [3.8, 4) is 11.4 Å². The van der Waals surface area contributed by atoms with E-state index in [-0.39, 0.29) is 5.69 Å². The predicted octanol–water partition coefficient (Wildman–Crippen LogP) is 1.17. The molecule has 0 amide bonds. The summed E-state index contributed by atoms with van der Waals surface area (Å²) in [5.41, 5.74) is 1.38. The number of rotatable bonds is 2. The van der Waals surface area contributed by atoms with E-state index in [1.54, 1.807) is 6.20 Å². The van der Waals surface area contributed by atoms with Gasteiger partial charge in [0.1, 0.15) is 5.69 Å². The highest BCUT2D eigenvalue weighted by Gasteiger charge is 2.05. The monoisotopic (exact) mass is 189 g/mol. The van der Waals surface area contributed by atoms with Crippen LogP contribution in [0.25, 0.3) is 11.4 Å². The summed E-state index contributed by atoms with van der Waals surface area (Å²) in [4.78, 5) is 21.2. The van der Waals surface area contributed by atoms with Gasteiger partial charge in [-0.15, -0.1) is 0 Å². The van der Waals surface area contributed by atoms with Crippen LogP contribution in [0.15, 0.2) is 30.7 Å². The molecule has 0 atom stereocenters. The van der Waals surface area contributed by atoms with Crippen molar-refractivity contribution in [2.75, 3.05) is 0 Å². The van der Waals surface area contributed by atoms with E-state index in [2.05, 4.69) is 15.0 Å². The molecule has 2 rings (SSSR count). The van der Waals surface area contributed by atoms with Gasteiger partial charge >= 0.3 is 5.97 Å².